The van der Waals surface area contributed by atoms with E-state index in [1.54, 1.807) is 14.2 Å². The fraction of sp³-hybridized carbons (Fsp3) is 0.529. The summed E-state index contributed by atoms with van der Waals surface area (Å²) in [6.45, 7) is 4.67. The first-order chi connectivity index (χ1) is 11.6. The Morgan fingerprint density at radius 2 is 2.17 bits per heavy atom. The molecule has 6 nitrogen and oxygen atoms in total. The van der Waals surface area contributed by atoms with Gasteiger partial charge in [0.25, 0.3) is 0 Å². The summed E-state index contributed by atoms with van der Waals surface area (Å²) < 4.78 is 17.1. The van der Waals surface area contributed by atoms with E-state index in [-0.39, 0.29) is 0 Å². The van der Waals surface area contributed by atoms with E-state index in [1.165, 1.54) is 5.56 Å². The number of piperidine rings is 1. The third kappa shape index (κ3) is 3.57. The zero-order chi connectivity index (χ0) is 17.1. The largest absolute Gasteiger partial charge is 0.493 e. The van der Waals surface area contributed by atoms with E-state index in [0.717, 1.165) is 54.3 Å². The molecule has 0 bridgehead atoms. The Kier molecular flexibility index (Phi) is 5.40. The lowest BCUT2D eigenvalue weighted by molar-refractivity contribution is 0.179. The van der Waals surface area contributed by atoms with Gasteiger partial charge < -0.3 is 14.0 Å². The Hall–Kier alpha value is -1.60. The number of halogens is 1. The van der Waals surface area contributed by atoms with Crippen LogP contribution in [0.15, 0.2) is 21.1 Å². The molecular formula is C17H22BrN3O3. The highest BCUT2D eigenvalue weighted by Gasteiger charge is 2.26. The lowest BCUT2D eigenvalue weighted by atomic mass is 9.97. The van der Waals surface area contributed by atoms with Crippen molar-refractivity contribution in [1.82, 2.24) is 15.0 Å². The highest BCUT2D eigenvalue weighted by Crippen LogP contribution is 2.38. The Morgan fingerprint density at radius 3 is 2.83 bits per heavy atom. The maximum absolute atomic E-state index is 5.47. The molecule has 1 aromatic heterocycles. The van der Waals surface area contributed by atoms with Crippen LogP contribution in [0, 0.1) is 6.92 Å². The highest BCUT2D eigenvalue weighted by molar-refractivity contribution is 9.10. The highest BCUT2D eigenvalue weighted by atomic mass is 79.9. The zero-order valence-corrected chi connectivity index (χ0v) is 15.8. The maximum Gasteiger partial charge on any atom is 0.231 e. The van der Waals surface area contributed by atoms with Crippen LogP contribution in [0.5, 0.6) is 11.5 Å². The van der Waals surface area contributed by atoms with Crippen molar-refractivity contribution < 1.29 is 14.0 Å². The van der Waals surface area contributed by atoms with Crippen LogP contribution < -0.4 is 9.47 Å². The van der Waals surface area contributed by atoms with Crippen molar-refractivity contribution in [2.24, 2.45) is 0 Å². The van der Waals surface area contributed by atoms with Gasteiger partial charge in [0.1, 0.15) is 0 Å². The molecule has 1 aliphatic rings. The van der Waals surface area contributed by atoms with Crippen LogP contribution in [0.25, 0.3) is 0 Å². The third-order valence-electron chi connectivity index (χ3n) is 4.36. The van der Waals surface area contributed by atoms with Gasteiger partial charge in [-0.2, -0.15) is 4.98 Å². The van der Waals surface area contributed by atoms with Gasteiger partial charge in [-0.1, -0.05) is 11.2 Å². The van der Waals surface area contributed by atoms with Crippen LogP contribution in [0.1, 0.15) is 36.0 Å². The summed E-state index contributed by atoms with van der Waals surface area (Å²) in [5.74, 6) is 3.22. The zero-order valence-electron chi connectivity index (χ0n) is 14.2. The third-order valence-corrected chi connectivity index (χ3v) is 5.23. The molecule has 0 aliphatic carbocycles. The van der Waals surface area contributed by atoms with Crippen LogP contribution in [-0.2, 0) is 6.54 Å². The minimum atomic E-state index is 0.305. The molecule has 2 heterocycles. The first kappa shape index (κ1) is 17.2. The van der Waals surface area contributed by atoms with Crippen LogP contribution in [-0.4, -0.2) is 42.3 Å². The number of hydrogen-bond acceptors (Lipinski definition) is 6. The minimum Gasteiger partial charge on any atom is -0.493 e. The number of nitrogens with zero attached hydrogens (tertiary/aromatic N) is 3. The summed E-state index contributed by atoms with van der Waals surface area (Å²) in [4.78, 5) is 6.81. The molecule has 0 radical (unpaired) electrons. The molecular weight excluding hydrogens is 374 g/mol. The Morgan fingerprint density at radius 1 is 1.33 bits per heavy atom. The predicted octanol–water partition coefficient (Wildman–Crippen LogP) is 3.54. The van der Waals surface area contributed by atoms with E-state index < -0.39 is 0 Å². The van der Waals surface area contributed by atoms with E-state index in [2.05, 4.69) is 37.0 Å². The number of ether oxygens (including phenoxy) is 2. The molecule has 0 amide bonds. The second-order valence-electron chi connectivity index (χ2n) is 6.03. The van der Waals surface area contributed by atoms with Crippen LogP contribution >= 0.6 is 15.9 Å². The normalized spacial score (nSPS) is 18.6. The number of rotatable bonds is 5. The van der Waals surface area contributed by atoms with Crippen molar-refractivity contribution in [2.45, 2.75) is 32.2 Å². The van der Waals surface area contributed by atoms with Crippen LogP contribution in [0.3, 0.4) is 0 Å². The van der Waals surface area contributed by atoms with Gasteiger partial charge >= 0.3 is 0 Å². The summed E-state index contributed by atoms with van der Waals surface area (Å²) in [5, 5.41) is 3.91. The van der Waals surface area contributed by atoms with Crippen molar-refractivity contribution in [1.29, 1.82) is 0 Å². The standard InChI is InChI=1S/C17H22BrN3O3/c1-11-19-17(24-20-11)13-5-4-8-21(10-13)9-12-6-7-14(22-2)16(23-3)15(12)18/h6-7,13H,4-5,8-10H2,1-3H3/t13-/m0/s1. The number of hydrogen-bond donors (Lipinski definition) is 0. The molecule has 1 fully saturated rings. The second kappa shape index (κ2) is 7.53. The SMILES string of the molecule is COc1ccc(CN2CCC[C@H](c3nc(C)no3)C2)c(Br)c1OC. The molecule has 1 atom stereocenters. The molecule has 3 rings (SSSR count). The van der Waals surface area contributed by atoms with E-state index in [1.807, 2.05) is 13.0 Å². The quantitative estimate of drug-likeness (QED) is 0.771. The summed E-state index contributed by atoms with van der Waals surface area (Å²) in [5.41, 5.74) is 1.18. The van der Waals surface area contributed by atoms with E-state index >= 15 is 0 Å². The average Bonchev–Trinajstić information content (AvgIpc) is 3.03. The molecule has 0 N–H and O–H groups in total. The predicted molar refractivity (Wildman–Crippen MR) is 93.5 cm³/mol. The average molecular weight is 396 g/mol. The van der Waals surface area contributed by atoms with Crippen molar-refractivity contribution >= 4 is 15.9 Å². The molecule has 1 saturated heterocycles. The molecule has 1 aromatic carbocycles. The topological polar surface area (TPSA) is 60.6 Å². The Bertz CT molecular complexity index is 704. The molecule has 0 unspecified atom stereocenters. The van der Waals surface area contributed by atoms with Crippen molar-refractivity contribution in [3.63, 3.8) is 0 Å². The summed E-state index contributed by atoms with van der Waals surface area (Å²) in [6.07, 6.45) is 2.21. The van der Waals surface area contributed by atoms with Crippen LogP contribution in [0.2, 0.25) is 0 Å². The number of likely N-dealkylation sites (tertiary alicyclic amines) is 1. The fourth-order valence-electron chi connectivity index (χ4n) is 3.17. The minimum absolute atomic E-state index is 0.305. The van der Waals surface area contributed by atoms with Gasteiger partial charge in [0.2, 0.25) is 5.89 Å². The lowest BCUT2D eigenvalue weighted by Gasteiger charge is -2.31. The molecule has 2 aromatic rings. The molecule has 0 saturated carbocycles. The molecule has 1 aliphatic heterocycles. The fourth-order valence-corrected chi connectivity index (χ4v) is 3.79. The number of aromatic nitrogens is 2. The maximum atomic E-state index is 5.47. The van der Waals surface area contributed by atoms with Gasteiger partial charge in [-0.25, -0.2) is 0 Å². The number of benzene rings is 1. The molecule has 24 heavy (non-hydrogen) atoms. The Balaban J connectivity index is 1.74. The second-order valence-corrected chi connectivity index (χ2v) is 6.82. The van der Waals surface area contributed by atoms with Gasteiger partial charge in [0.05, 0.1) is 24.6 Å². The first-order valence-corrected chi connectivity index (χ1v) is 8.83. The van der Waals surface area contributed by atoms with Crippen LogP contribution in [0.4, 0.5) is 0 Å². The van der Waals surface area contributed by atoms with Gasteiger partial charge in [0.15, 0.2) is 17.3 Å². The van der Waals surface area contributed by atoms with E-state index in [0.29, 0.717) is 11.7 Å². The van der Waals surface area contributed by atoms with Gasteiger partial charge in [-0.3, -0.25) is 4.90 Å². The van der Waals surface area contributed by atoms with Crippen molar-refractivity contribution in [2.75, 3.05) is 27.3 Å². The first-order valence-electron chi connectivity index (χ1n) is 8.04. The summed E-state index contributed by atoms with van der Waals surface area (Å²) in [7, 11) is 3.30. The lowest BCUT2D eigenvalue weighted by Crippen LogP contribution is -2.34. The molecule has 130 valence electrons. The smallest absolute Gasteiger partial charge is 0.231 e. The molecule has 0 spiro atoms. The summed E-state index contributed by atoms with van der Waals surface area (Å²) >= 11 is 3.65. The van der Waals surface area contributed by atoms with E-state index in [9.17, 15) is 0 Å². The molecule has 7 heteroatoms. The number of methoxy groups -OCH3 is 2. The van der Waals surface area contributed by atoms with Crippen molar-refractivity contribution in [3.8, 4) is 11.5 Å². The Labute approximate surface area is 150 Å². The van der Waals surface area contributed by atoms with Gasteiger partial charge in [-0.15, -0.1) is 0 Å². The van der Waals surface area contributed by atoms with Gasteiger partial charge in [-0.05, 0) is 53.9 Å². The van der Waals surface area contributed by atoms with Gasteiger partial charge in [0, 0.05) is 13.1 Å². The van der Waals surface area contributed by atoms with E-state index in [4.69, 9.17) is 14.0 Å². The monoisotopic (exact) mass is 395 g/mol. The number of aryl methyl sites for hydroxylation is 1. The van der Waals surface area contributed by atoms with Crippen molar-refractivity contribution in [3.05, 3.63) is 33.9 Å². The summed E-state index contributed by atoms with van der Waals surface area (Å²) in [6, 6.07) is 4.02.